The number of aryl methyl sites for hydroxylation is 1. The lowest BCUT2D eigenvalue weighted by Gasteiger charge is -2.38. The molecule has 0 saturated heterocycles. The first-order chi connectivity index (χ1) is 16.9. The van der Waals surface area contributed by atoms with E-state index < -0.39 is 0 Å². The third-order valence-corrected chi connectivity index (χ3v) is 7.87. The summed E-state index contributed by atoms with van der Waals surface area (Å²) < 4.78 is 5.19. The molecule has 0 bridgehead atoms. The van der Waals surface area contributed by atoms with E-state index in [0.29, 0.717) is 41.7 Å². The van der Waals surface area contributed by atoms with E-state index in [0.717, 1.165) is 23.1 Å². The van der Waals surface area contributed by atoms with Crippen LogP contribution in [0.15, 0.2) is 53.9 Å². The van der Waals surface area contributed by atoms with Gasteiger partial charge in [-0.25, -0.2) is 0 Å². The van der Waals surface area contributed by atoms with Crippen LogP contribution in [0.2, 0.25) is 10.0 Å². The van der Waals surface area contributed by atoms with Crippen LogP contribution in [-0.4, -0.2) is 55.0 Å². The number of carbonyl (C=O) groups excluding carboxylic acids is 2. The summed E-state index contributed by atoms with van der Waals surface area (Å²) in [5.41, 5.74) is 3.40. The minimum Gasteiger partial charge on any atom is -0.385 e. The largest absolute Gasteiger partial charge is 0.385 e. The zero-order valence-electron chi connectivity index (χ0n) is 19.8. The SMILES string of the molecule is COCCCN(CC(=O)N1CCc2sccc2C1c1ccc(Cl)cc1Cl)C(=O)c1ccccc1C. The summed E-state index contributed by atoms with van der Waals surface area (Å²) in [7, 11) is 1.63. The number of nitrogens with zero attached hydrogens (tertiary/aromatic N) is 2. The van der Waals surface area contributed by atoms with Crippen LogP contribution in [0.4, 0.5) is 0 Å². The first-order valence-electron chi connectivity index (χ1n) is 11.5. The Bertz CT molecular complexity index is 1210. The van der Waals surface area contributed by atoms with Gasteiger partial charge in [-0.2, -0.15) is 0 Å². The molecule has 4 rings (SSSR count). The van der Waals surface area contributed by atoms with Gasteiger partial charge in [-0.05, 0) is 66.1 Å². The standard InChI is InChI=1S/C27H28Cl2N2O3S/c1-18-6-3-4-7-20(18)27(33)30(12-5-14-34-2)17-25(32)31-13-10-24-22(11-15-35-24)26(31)21-9-8-19(28)16-23(21)29/h3-4,6-9,11,15-16,26H,5,10,12-14,17H2,1-2H3. The Balaban J connectivity index is 1.64. The molecule has 1 unspecified atom stereocenters. The number of rotatable bonds is 8. The lowest BCUT2D eigenvalue weighted by molar-refractivity contribution is -0.134. The molecule has 0 N–H and O–H groups in total. The van der Waals surface area contributed by atoms with Crippen molar-refractivity contribution in [2.45, 2.75) is 25.8 Å². The summed E-state index contributed by atoms with van der Waals surface area (Å²) in [6.45, 7) is 3.38. The van der Waals surface area contributed by atoms with Crippen molar-refractivity contribution in [1.82, 2.24) is 9.80 Å². The second-order valence-corrected chi connectivity index (χ2v) is 10.4. The molecule has 2 heterocycles. The number of thiophene rings is 1. The minimum atomic E-state index is -0.323. The predicted molar refractivity (Wildman–Crippen MR) is 142 cm³/mol. The second kappa shape index (κ2) is 11.6. The molecule has 0 saturated carbocycles. The predicted octanol–water partition coefficient (Wildman–Crippen LogP) is 6.02. The van der Waals surface area contributed by atoms with E-state index in [1.165, 1.54) is 4.88 Å². The fourth-order valence-corrected chi connectivity index (χ4v) is 5.95. The molecule has 0 spiro atoms. The molecule has 1 aliphatic rings. The number of amides is 2. The molecule has 184 valence electrons. The maximum Gasteiger partial charge on any atom is 0.254 e. The molecule has 1 aliphatic heterocycles. The molecule has 0 radical (unpaired) electrons. The van der Waals surface area contributed by atoms with E-state index in [1.54, 1.807) is 41.5 Å². The monoisotopic (exact) mass is 530 g/mol. The average Bonchev–Trinajstić information content (AvgIpc) is 3.32. The van der Waals surface area contributed by atoms with Crippen LogP contribution in [0, 0.1) is 6.92 Å². The van der Waals surface area contributed by atoms with Gasteiger partial charge in [-0.15, -0.1) is 11.3 Å². The maximum absolute atomic E-state index is 13.8. The maximum atomic E-state index is 13.8. The molecular formula is C27H28Cl2N2O3S. The summed E-state index contributed by atoms with van der Waals surface area (Å²) in [6.07, 6.45) is 1.42. The number of methoxy groups -OCH3 is 1. The third kappa shape index (κ3) is 5.72. The fraction of sp³-hybridized carbons (Fsp3) is 0.333. The molecule has 0 aliphatic carbocycles. The van der Waals surface area contributed by atoms with Crippen LogP contribution in [0.3, 0.4) is 0 Å². The van der Waals surface area contributed by atoms with Crippen LogP contribution in [0.5, 0.6) is 0 Å². The molecule has 35 heavy (non-hydrogen) atoms. The van der Waals surface area contributed by atoms with Gasteiger partial charge in [0.1, 0.15) is 6.54 Å². The lowest BCUT2D eigenvalue weighted by atomic mass is 9.93. The van der Waals surface area contributed by atoms with E-state index in [4.69, 9.17) is 27.9 Å². The molecule has 2 amide bonds. The number of halogens is 2. The van der Waals surface area contributed by atoms with Crippen LogP contribution in [0.25, 0.3) is 0 Å². The van der Waals surface area contributed by atoms with Gasteiger partial charge in [0.2, 0.25) is 5.91 Å². The highest BCUT2D eigenvalue weighted by Crippen LogP contribution is 2.41. The first kappa shape index (κ1) is 25.7. The number of carbonyl (C=O) groups is 2. The summed E-state index contributed by atoms with van der Waals surface area (Å²) in [4.78, 5) is 32.0. The van der Waals surface area contributed by atoms with Gasteiger partial charge in [0.05, 0.1) is 6.04 Å². The van der Waals surface area contributed by atoms with Crippen LogP contribution in [0.1, 0.15) is 44.4 Å². The molecule has 2 aromatic carbocycles. The zero-order valence-corrected chi connectivity index (χ0v) is 22.1. The smallest absolute Gasteiger partial charge is 0.254 e. The van der Waals surface area contributed by atoms with Crippen molar-refractivity contribution in [1.29, 1.82) is 0 Å². The Kier molecular flexibility index (Phi) is 8.50. The van der Waals surface area contributed by atoms with Crippen molar-refractivity contribution in [2.24, 2.45) is 0 Å². The zero-order chi connectivity index (χ0) is 24.9. The highest BCUT2D eigenvalue weighted by atomic mass is 35.5. The van der Waals surface area contributed by atoms with Gasteiger partial charge in [0.15, 0.2) is 0 Å². The Labute approximate surface area is 220 Å². The average molecular weight is 532 g/mol. The van der Waals surface area contributed by atoms with E-state index >= 15 is 0 Å². The number of ether oxygens (including phenoxy) is 1. The van der Waals surface area contributed by atoms with Gasteiger partial charge < -0.3 is 14.5 Å². The third-order valence-electron chi connectivity index (χ3n) is 6.31. The Morgan fingerprint density at radius 1 is 1.14 bits per heavy atom. The molecule has 8 heteroatoms. The topological polar surface area (TPSA) is 49.9 Å². The molecule has 1 atom stereocenters. The lowest BCUT2D eigenvalue weighted by Crippen LogP contribution is -2.47. The molecule has 0 fully saturated rings. The van der Waals surface area contributed by atoms with Crippen molar-refractivity contribution in [3.05, 3.63) is 91.1 Å². The number of benzene rings is 2. The van der Waals surface area contributed by atoms with E-state index in [-0.39, 0.29) is 24.4 Å². The number of hydrogen-bond donors (Lipinski definition) is 0. The Morgan fingerprint density at radius 2 is 1.94 bits per heavy atom. The van der Waals surface area contributed by atoms with Crippen LogP contribution in [-0.2, 0) is 16.0 Å². The first-order valence-corrected chi connectivity index (χ1v) is 13.2. The van der Waals surface area contributed by atoms with Crippen LogP contribution >= 0.6 is 34.5 Å². The van der Waals surface area contributed by atoms with Crippen molar-refractivity contribution < 1.29 is 14.3 Å². The van der Waals surface area contributed by atoms with E-state index in [1.807, 2.05) is 41.5 Å². The van der Waals surface area contributed by atoms with E-state index in [9.17, 15) is 9.59 Å². The molecular weight excluding hydrogens is 503 g/mol. The van der Waals surface area contributed by atoms with Crippen molar-refractivity contribution in [3.63, 3.8) is 0 Å². The van der Waals surface area contributed by atoms with Crippen molar-refractivity contribution in [3.8, 4) is 0 Å². The van der Waals surface area contributed by atoms with Gasteiger partial charge >= 0.3 is 0 Å². The van der Waals surface area contributed by atoms with E-state index in [2.05, 4.69) is 6.07 Å². The summed E-state index contributed by atoms with van der Waals surface area (Å²) in [5, 5.41) is 3.12. The van der Waals surface area contributed by atoms with Crippen molar-refractivity contribution >= 4 is 46.4 Å². The fourth-order valence-electron chi connectivity index (χ4n) is 4.53. The van der Waals surface area contributed by atoms with Gasteiger partial charge in [0.25, 0.3) is 5.91 Å². The van der Waals surface area contributed by atoms with Gasteiger partial charge in [0, 0.05) is 47.3 Å². The highest BCUT2D eigenvalue weighted by molar-refractivity contribution is 7.10. The quantitative estimate of drug-likeness (QED) is 0.334. The normalized spacial score (nSPS) is 15.1. The Morgan fingerprint density at radius 3 is 2.69 bits per heavy atom. The van der Waals surface area contributed by atoms with Crippen molar-refractivity contribution in [2.75, 3.05) is 33.4 Å². The number of fused-ring (bicyclic) bond motifs is 1. The van der Waals surface area contributed by atoms with Gasteiger partial charge in [-0.1, -0.05) is 47.5 Å². The second-order valence-electron chi connectivity index (χ2n) is 8.59. The summed E-state index contributed by atoms with van der Waals surface area (Å²) >= 11 is 14.5. The highest BCUT2D eigenvalue weighted by Gasteiger charge is 2.35. The minimum absolute atomic E-state index is 0.0158. The summed E-state index contributed by atoms with van der Waals surface area (Å²) in [5.74, 6) is -0.265. The van der Waals surface area contributed by atoms with Gasteiger partial charge in [-0.3, -0.25) is 9.59 Å². The molecule has 1 aromatic heterocycles. The number of hydrogen-bond acceptors (Lipinski definition) is 4. The molecule has 3 aromatic rings. The molecule has 5 nitrogen and oxygen atoms in total. The Hall–Kier alpha value is -2.38. The van der Waals surface area contributed by atoms with Crippen LogP contribution < -0.4 is 0 Å². The summed E-state index contributed by atoms with van der Waals surface area (Å²) in [6, 6.07) is 14.6.